The lowest BCUT2D eigenvalue weighted by molar-refractivity contribution is -0.0414. The third-order valence-electron chi connectivity index (χ3n) is 3.13. The second-order valence-corrected chi connectivity index (χ2v) is 5.69. The van der Waals surface area contributed by atoms with Gasteiger partial charge in [0.1, 0.15) is 0 Å². The van der Waals surface area contributed by atoms with E-state index in [1.54, 1.807) is 0 Å². The van der Waals surface area contributed by atoms with Gasteiger partial charge in [-0.25, -0.2) is 0 Å². The molecule has 0 spiro atoms. The summed E-state index contributed by atoms with van der Waals surface area (Å²) >= 11 is 0. The molecule has 6 heteroatoms. The molecular formula is C13H24N4O2. The van der Waals surface area contributed by atoms with Gasteiger partial charge >= 0.3 is 0 Å². The number of ether oxygens (including phenoxy) is 1. The molecular weight excluding hydrogens is 244 g/mol. The molecule has 0 radical (unpaired) electrons. The SMILES string of the molecule is CC(C)c1nc(CN2CCO[C@H](CN(C)C)C2)no1. The highest BCUT2D eigenvalue weighted by Crippen LogP contribution is 2.13. The molecule has 1 fully saturated rings. The molecule has 1 aromatic heterocycles. The highest BCUT2D eigenvalue weighted by Gasteiger charge is 2.22. The molecule has 0 aromatic carbocycles. The van der Waals surface area contributed by atoms with Crippen molar-refractivity contribution < 1.29 is 9.26 Å². The molecule has 1 saturated heterocycles. The predicted molar refractivity (Wildman–Crippen MR) is 72.0 cm³/mol. The molecule has 2 rings (SSSR count). The summed E-state index contributed by atoms with van der Waals surface area (Å²) in [6, 6.07) is 0. The van der Waals surface area contributed by atoms with Gasteiger partial charge < -0.3 is 14.2 Å². The summed E-state index contributed by atoms with van der Waals surface area (Å²) in [4.78, 5) is 8.90. The fraction of sp³-hybridized carbons (Fsp3) is 0.846. The summed E-state index contributed by atoms with van der Waals surface area (Å²) in [7, 11) is 4.13. The zero-order chi connectivity index (χ0) is 13.8. The van der Waals surface area contributed by atoms with E-state index in [2.05, 4.69) is 47.9 Å². The van der Waals surface area contributed by atoms with E-state index in [1.165, 1.54) is 0 Å². The Morgan fingerprint density at radius 3 is 2.84 bits per heavy atom. The van der Waals surface area contributed by atoms with Crippen LogP contribution in [0.15, 0.2) is 4.52 Å². The predicted octanol–water partition coefficient (Wildman–Crippen LogP) is 0.955. The van der Waals surface area contributed by atoms with Crippen molar-refractivity contribution in [1.29, 1.82) is 0 Å². The van der Waals surface area contributed by atoms with Gasteiger partial charge in [-0.15, -0.1) is 0 Å². The standard InChI is InChI=1S/C13H24N4O2/c1-10(2)13-14-12(15-19-13)9-17-5-6-18-11(8-17)7-16(3)4/h10-11H,5-9H2,1-4H3/t11-/m1/s1. The highest BCUT2D eigenvalue weighted by atomic mass is 16.5. The molecule has 1 aliphatic heterocycles. The molecule has 0 N–H and O–H groups in total. The lowest BCUT2D eigenvalue weighted by atomic mass is 10.2. The van der Waals surface area contributed by atoms with Crippen LogP contribution < -0.4 is 0 Å². The van der Waals surface area contributed by atoms with Gasteiger partial charge in [0.2, 0.25) is 5.89 Å². The fourth-order valence-corrected chi connectivity index (χ4v) is 2.21. The molecule has 1 aromatic rings. The molecule has 0 saturated carbocycles. The molecule has 0 amide bonds. The number of hydrogen-bond acceptors (Lipinski definition) is 6. The van der Waals surface area contributed by atoms with Crippen molar-refractivity contribution >= 4 is 0 Å². The number of likely N-dealkylation sites (N-methyl/N-ethyl adjacent to an activating group) is 1. The number of rotatable bonds is 5. The second kappa shape index (κ2) is 6.45. The largest absolute Gasteiger partial charge is 0.374 e. The maximum Gasteiger partial charge on any atom is 0.229 e. The maximum atomic E-state index is 5.75. The smallest absolute Gasteiger partial charge is 0.229 e. The van der Waals surface area contributed by atoms with Gasteiger partial charge in [0, 0.05) is 25.6 Å². The molecule has 6 nitrogen and oxygen atoms in total. The van der Waals surface area contributed by atoms with E-state index < -0.39 is 0 Å². The first kappa shape index (κ1) is 14.4. The van der Waals surface area contributed by atoms with E-state index in [9.17, 15) is 0 Å². The average Bonchev–Trinajstić information content (AvgIpc) is 2.77. The van der Waals surface area contributed by atoms with E-state index in [-0.39, 0.29) is 12.0 Å². The zero-order valence-corrected chi connectivity index (χ0v) is 12.3. The summed E-state index contributed by atoms with van der Waals surface area (Å²) in [6.07, 6.45) is 0.264. The van der Waals surface area contributed by atoms with Crippen molar-refractivity contribution in [3.63, 3.8) is 0 Å². The Balaban J connectivity index is 1.87. The topological polar surface area (TPSA) is 54.6 Å². The van der Waals surface area contributed by atoms with Crippen molar-refractivity contribution in [2.24, 2.45) is 0 Å². The van der Waals surface area contributed by atoms with Gasteiger partial charge in [-0.1, -0.05) is 19.0 Å². The van der Waals surface area contributed by atoms with Crippen molar-refractivity contribution in [2.45, 2.75) is 32.4 Å². The first-order valence-corrected chi connectivity index (χ1v) is 6.85. The molecule has 1 atom stereocenters. The van der Waals surface area contributed by atoms with E-state index >= 15 is 0 Å². The van der Waals surface area contributed by atoms with Gasteiger partial charge in [0.05, 0.1) is 19.3 Å². The molecule has 108 valence electrons. The number of morpholine rings is 1. The third kappa shape index (κ3) is 4.26. The van der Waals surface area contributed by atoms with Crippen LogP contribution in [0.4, 0.5) is 0 Å². The van der Waals surface area contributed by atoms with Crippen LogP contribution in [-0.4, -0.2) is 66.4 Å². The quantitative estimate of drug-likeness (QED) is 0.792. The molecule has 0 unspecified atom stereocenters. The van der Waals surface area contributed by atoms with Crippen LogP contribution in [0.25, 0.3) is 0 Å². The summed E-state index contributed by atoms with van der Waals surface area (Å²) in [5.41, 5.74) is 0. The van der Waals surface area contributed by atoms with E-state index in [0.29, 0.717) is 5.89 Å². The summed E-state index contributed by atoms with van der Waals surface area (Å²) in [5.74, 6) is 1.77. The van der Waals surface area contributed by atoms with Crippen LogP contribution in [0.3, 0.4) is 0 Å². The third-order valence-corrected chi connectivity index (χ3v) is 3.13. The Labute approximate surface area is 114 Å². The number of aromatic nitrogens is 2. The lowest BCUT2D eigenvalue weighted by Crippen LogP contribution is -2.46. The van der Waals surface area contributed by atoms with E-state index in [4.69, 9.17) is 9.26 Å². The first-order chi connectivity index (χ1) is 9.04. The monoisotopic (exact) mass is 268 g/mol. The van der Waals surface area contributed by atoms with Crippen LogP contribution in [0.2, 0.25) is 0 Å². The summed E-state index contributed by atoms with van der Waals surface area (Å²) in [5, 5.41) is 4.04. The van der Waals surface area contributed by atoms with Gasteiger partial charge in [0.25, 0.3) is 0 Å². The van der Waals surface area contributed by atoms with Gasteiger partial charge in [-0.2, -0.15) is 4.98 Å². The van der Waals surface area contributed by atoms with Crippen LogP contribution in [0, 0.1) is 0 Å². The molecule has 0 bridgehead atoms. The zero-order valence-electron chi connectivity index (χ0n) is 12.3. The van der Waals surface area contributed by atoms with Crippen molar-refractivity contribution in [3.05, 3.63) is 11.7 Å². The fourth-order valence-electron chi connectivity index (χ4n) is 2.21. The Hall–Kier alpha value is -0.980. The minimum absolute atomic E-state index is 0.264. The second-order valence-electron chi connectivity index (χ2n) is 5.69. The molecule has 0 aliphatic carbocycles. The lowest BCUT2D eigenvalue weighted by Gasteiger charge is -2.33. The Morgan fingerprint density at radius 1 is 1.42 bits per heavy atom. The Kier molecular flexibility index (Phi) is 4.90. The van der Waals surface area contributed by atoms with Gasteiger partial charge in [-0.3, -0.25) is 4.90 Å². The summed E-state index contributed by atoms with van der Waals surface area (Å²) < 4.78 is 11.0. The van der Waals surface area contributed by atoms with Crippen molar-refractivity contribution in [3.8, 4) is 0 Å². The van der Waals surface area contributed by atoms with Crippen LogP contribution >= 0.6 is 0 Å². The van der Waals surface area contributed by atoms with Crippen LogP contribution in [0.1, 0.15) is 31.5 Å². The van der Waals surface area contributed by atoms with Gasteiger partial charge in [-0.05, 0) is 14.1 Å². The normalized spacial score (nSPS) is 21.5. The first-order valence-electron chi connectivity index (χ1n) is 6.85. The molecule has 19 heavy (non-hydrogen) atoms. The molecule has 1 aliphatic rings. The minimum Gasteiger partial charge on any atom is -0.374 e. The number of hydrogen-bond donors (Lipinski definition) is 0. The highest BCUT2D eigenvalue weighted by molar-refractivity contribution is 4.91. The van der Waals surface area contributed by atoms with Crippen LogP contribution in [0.5, 0.6) is 0 Å². The van der Waals surface area contributed by atoms with Crippen molar-refractivity contribution in [1.82, 2.24) is 19.9 Å². The Bertz CT molecular complexity index is 392. The average molecular weight is 268 g/mol. The summed E-state index contributed by atoms with van der Waals surface area (Å²) in [6.45, 7) is 8.41. The van der Waals surface area contributed by atoms with E-state index in [0.717, 1.165) is 38.6 Å². The van der Waals surface area contributed by atoms with Gasteiger partial charge in [0.15, 0.2) is 5.82 Å². The van der Waals surface area contributed by atoms with Crippen molar-refractivity contribution in [2.75, 3.05) is 40.3 Å². The number of nitrogens with zero attached hydrogens (tertiary/aromatic N) is 4. The van der Waals surface area contributed by atoms with E-state index in [1.807, 2.05) is 0 Å². The van der Waals surface area contributed by atoms with Crippen LogP contribution in [-0.2, 0) is 11.3 Å². The minimum atomic E-state index is 0.264. The maximum absolute atomic E-state index is 5.75. The molecule has 2 heterocycles. The Morgan fingerprint density at radius 2 is 2.21 bits per heavy atom.